The Bertz CT molecular complexity index is 275. The summed E-state index contributed by atoms with van der Waals surface area (Å²) in [5.41, 5.74) is 0. The van der Waals surface area contributed by atoms with Crippen molar-refractivity contribution in [2.75, 3.05) is 53.0 Å². The molecule has 124 valence electrons. The van der Waals surface area contributed by atoms with Gasteiger partial charge < -0.3 is 20.3 Å². The van der Waals surface area contributed by atoms with Crippen LogP contribution in [0.4, 0.5) is 0 Å². The summed E-state index contributed by atoms with van der Waals surface area (Å²) in [5.74, 6) is 1.85. The SMILES string of the molecule is CCNC(=NCCCOC)NCCCN1CCC(C)CC1. The number of hydrogen-bond donors (Lipinski definition) is 2. The van der Waals surface area contributed by atoms with Crippen molar-refractivity contribution in [3.05, 3.63) is 0 Å². The van der Waals surface area contributed by atoms with Crippen LogP contribution in [0.5, 0.6) is 0 Å². The van der Waals surface area contributed by atoms with E-state index in [9.17, 15) is 0 Å². The lowest BCUT2D eigenvalue weighted by molar-refractivity contribution is 0.191. The van der Waals surface area contributed by atoms with E-state index >= 15 is 0 Å². The van der Waals surface area contributed by atoms with Gasteiger partial charge in [-0.1, -0.05) is 6.92 Å². The van der Waals surface area contributed by atoms with Crippen molar-refractivity contribution in [2.24, 2.45) is 10.9 Å². The lowest BCUT2D eigenvalue weighted by Crippen LogP contribution is -2.39. The van der Waals surface area contributed by atoms with Crippen molar-refractivity contribution in [2.45, 2.75) is 39.5 Å². The van der Waals surface area contributed by atoms with Gasteiger partial charge in [0.05, 0.1) is 0 Å². The molecule has 0 spiro atoms. The monoisotopic (exact) mass is 298 g/mol. The van der Waals surface area contributed by atoms with Crippen molar-refractivity contribution in [3.8, 4) is 0 Å². The number of likely N-dealkylation sites (tertiary alicyclic amines) is 1. The Morgan fingerprint density at radius 3 is 2.67 bits per heavy atom. The number of nitrogens with one attached hydrogen (secondary N) is 2. The summed E-state index contributed by atoms with van der Waals surface area (Å²) in [5, 5.41) is 6.71. The molecule has 5 heteroatoms. The molecule has 1 rings (SSSR count). The summed E-state index contributed by atoms with van der Waals surface area (Å²) in [7, 11) is 1.73. The Kier molecular flexibility index (Phi) is 10.3. The number of methoxy groups -OCH3 is 1. The zero-order valence-electron chi connectivity index (χ0n) is 14.2. The highest BCUT2D eigenvalue weighted by molar-refractivity contribution is 5.79. The van der Waals surface area contributed by atoms with E-state index in [-0.39, 0.29) is 0 Å². The summed E-state index contributed by atoms with van der Waals surface area (Å²) >= 11 is 0. The van der Waals surface area contributed by atoms with Crippen LogP contribution in [-0.2, 0) is 4.74 Å². The van der Waals surface area contributed by atoms with Crippen LogP contribution in [-0.4, -0.2) is 63.8 Å². The van der Waals surface area contributed by atoms with Gasteiger partial charge in [-0.3, -0.25) is 4.99 Å². The summed E-state index contributed by atoms with van der Waals surface area (Å²) in [6.07, 6.45) is 4.87. The number of nitrogens with zero attached hydrogens (tertiary/aromatic N) is 2. The second-order valence-corrected chi connectivity index (χ2v) is 5.91. The summed E-state index contributed by atoms with van der Waals surface area (Å²) in [6.45, 7) is 11.7. The maximum Gasteiger partial charge on any atom is 0.191 e. The van der Waals surface area contributed by atoms with Crippen LogP contribution in [0.2, 0.25) is 0 Å². The minimum Gasteiger partial charge on any atom is -0.385 e. The van der Waals surface area contributed by atoms with E-state index in [1.54, 1.807) is 7.11 Å². The fraction of sp³-hybridized carbons (Fsp3) is 0.938. The van der Waals surface area contributed by atoms with Gasteiger partial charge in [-0.2, -0.15) is 0 Å². The fourth-order valence-electron chi connectivity index (χ4n) is 2.54. The van der Waals surface area contributed by atoms with Crippen molar-refractivity contribution in [1.82, 2.24) is 15.5 Å². The van der Waals surface area contributed by atoms with Crippen molar-refractivity contribution >= 4 is 5.96 Å². The van der Waals surface area contributed by atoms with Gasteiger partial charge in [-0.15, -0.1) is 0 Å². The van der Waals surface area contributed by atoms with Gasteiger partial charge in [-0.25, -0.2) is 0 Å². The molecule has 1 aliphatic rings. The lowest BCUT2D eigenvalue weighted by Gasteiger charge is -2.30. The molecule has 1 fully saturated rings. The number of guanidine groups is 1. The summed E-state index contributed by atoms with van der Waals surface area (Å²) < 4.78 is 5.04. The maximum atomic E-state index is 5.04. The molecule has 0 aromatic rings. The normalized spacial score (nSPS) is 18.0. The molecule has 21 heavy (non-hydrogen) atoms. The molecule has 0 saturated carbocycles. The molecule has 0 bridgehead atoms. The van der Waals surface area contributed by atoms with Gasteiger partial charge in [-0.05, 0) is 58.2 Å². The van der Waals surface area contributed by atoms with Crippen molar-refractivity contribution < 1.29 is 4.74 Å². The highest BCUT2D eigenvalue weighted by atomic mass is 16.5. The third-order valence-electron chi connectivity index (χ3n) is 3.94. The van der Waals surface area contributed by atoms with Crippen LogP contribution in [0, 0.1) is 5.92 Å². The van der Waals surface area contributed by atoms with Crippen molar-refractivity contribution in [3.63, 3.8) is 0 Å². The molecule has 0 amide bonds. The van der Waals surface area contributed by atoms with E-state index in [0.717, 1.165) is 44.5 Å². The Morgan fingerprint density at radius 2 is 2.00 bits per heavy atom. The molecular weight excluding hydrogens is 264 g/mol. The average Bonchev–Trinajstić information content (AvgIpc) is 2.49. The molecule has 0 aliphatic carbocycles. The van der Waals surface area contributed by atoms with E-state index < -0.39 is 0 Å². The topological polar surface area (TPSA) is 48.9 Å². The molecular formula is C16H34N4O. The first-order chi connectivity index (χ1) is 10.3. The van der Waals surface area contributed by atoms with Crippen LogP contribution >= 0.6 is 0 Å². The van der Waals surface area contributed by atoms with E-state index in [1.807, 2.05) is 0 Å². The quantitative estimate of drug-likeness (QED) is 0.386. The van der Waals surface area contributed by atoms with Crippen LogP contribution in [0.3, 0.4) is 0 Å². The molecule has 2 N–H and O–H groups in total. The molecule has 0 atom stereocenters. The van der Waals surface area contributed by atoms with E-state index in [1.165, 1.54) is 38.9 Å². The summed E-state index contributed by atoms with van der Waals surface area (Å²) in [4.78, 5) is 7.13. The molecule has 1 heterocycles. The molecule has 0 unspecified atom stereocenters. The maximum absolute atomic E-state index is 5.04. The van der Waals surface area contributed by atoms with E-state index in [2.05, 4.69) is 34.4 Å². The standard InChI is InChI=1S/C16H34N4O/c1-4-17-16(19-10-6-14-21-3)18-9-5-11-20-12-7-15(2)8-13-20/h15H,4-14H2,1-3H3,(H2,17,18,19). The third-order valence-corrected chi connectivity index (χ3v) is 3.94. The molecule has 1 aliphatic heterocycles. The first-order valence-electron chi connectivity index (χ1n) is 8.49. The number of aliphatic imine (C=N–C) groups is 1. The first kappa shape index (κ1) is 18.2. The minimum atomic E-state index is 0.774. The van der Waals surface area contributed by atoms with Crippen LogP contribution in [0.25, 0.3) is 0 Å². The molecule has 5 nitrogen and oxygen atoms in total. The number of hydrogen-bond acceptors (Lipinski definition) is 3. The Balaban J connectivity index is 2.11. The Morgan fingerprint density at radius 1 is 1.24 bits per heavy atom. The largest absolute Gasteiger partial charge is 0.385 e. The predicted octanol–water partition coefficient (Wildman–Crippen LogP) is 1.70. The first-order valence-corrected chi connectivity index (χ1v) is 8.49. The second kappa shape index (κ2) is 11.8. The van der Waals surface area contributed by atoms with E-state index in [0.29, 0.717) is 0 Å². The average molecular weight is 298 g/mol. The van der Waals surface area contributed by atoms with Gasteiger partial charge in [0.1, 0.15) is 0 Å². The van der Waals surface area contributed by atoms with Crippen LogP contribution < -0.4 is 10.6 Å². The minimum absolute atomic E-state index is 0.774. The van der Waals surface area contributed by atoms with Gasteiger partial charge >= 0.3 is 0 Å². The van der Waals surface area contributed by atoms with Gasteiger partial charge in [0.25, 0.3) is 0 Å². The lowest BCUT2D eigenvalue weighted by atomic mass is 9.99. The van der Waals surface area contributed by atoms with Gasteiger partial charge in [0.2, 0.25) is 0 Å². The molecule has 0 radical (unpaired) electrons. The number of piperidine rings is 1. The highest BCUT2D eigenvalue weighted by Gasteiger charge is 2.14. The van der Waals surface area contributed by atoms with Gasteiger partial charge in [0, 0.05) is 33.4 Å². The second-order valence-electron chi connectivity index (χ2n) is 5.91. The third kappa shape index (κ3) is 8.94. The summed E-state index contributed by atoms with van der Waals surface area (Å²) in [6, 6.07) is 0. The van der Waals surface area contributed by atoms with E-state index in [4.69, 9.17) is 4.74 Å². The van der Waals surface area contributed by atoms with Crippen LogP contribution in [0.1, 0.15) is 39.5 Å². The number of rotatable bonds is 9. The molecule has 1 saturated heterocycles. The smallest absolute Gasteiger partial charge is 0.191 e. The molecule has 0 aromatic carbocycles. The fourth-order valence-corrected chi connectivity index (χ4v) is 2.54. The predicted molar refractivity (Wildman–Crippen MR) is 89.9 cm³/mol. The zero-order valence-corrected chi connectivity index (χ0v) is 14.2. The van der Waals surface area contributed by atoms with Crippen LogP contribution in [0.15, 0.2) is 4.99 Å². The Labute approximate surface area is 130 Å². The number of ether oxygens (including phenoxy) is 1. The van der Waals surface area contributed by atoms with Crippen molar-refractivity contribution in [1.29, 1.82) is 0 Å². The highest BCUT2D eigenvalue weighted by Crippen LogP contribution is 2.15. The van der Waals surface area contributed by atoms with Gasteiger partial charge in [0.15, 0.2) is 5.96 Å². The molecule has 0 aromatic heterocycles. The zero-order chi connectivity index (χ0) is 15.3. The Hall–Kier alpha value is -0.810.